The third kappa shape index (κ3) is 4.63. The van der Waals surface area contributed by atoms with Gasteiger partial charge in [-0.05, 0) is 35.9 Å². The molecule has 2 heterocycles. The van der Waals surface area contributed by atoms with Crippen LogP contribution in [0.25, 0.3) is 10.9 Å². The van der Waals surface area contributed by atoms with E-state index in [1.54, 1.807) is 24.3 Å². The number of hydrogen-bond donors (Lipinski definition) is 0. The average molecular weight is 502 g/mol. The Morgan fingerprint density at radius 1 is 0.946 bits per heavy atom. The Labute approximate surface area is 212 Å². The van der Waals surface area contributed by atoms with Crippen LogP contribution in [0.5, 0.6) is 23.0 Å². The van der Waals surface area contributed by atoms with Crippen molar-refractivity contribution in [3.63, 3.8) is 0 Å². The van der Waals surface area contributed by atoms with Crippen LogP contribution in [0.1, 0.15) is 5.56 Å². The van der Waals surface area contributed by atoms with Gasteiger partial charge in [0.05, 0.1) is 20.6 Å². The number of halogens is 1. The summed E-state index contributed by atoms with van der Waals surface area (Å²) in [7, 11) is 3.05. The summed E-state index contributed by atoms with van der Waals surface area (Å²) in [6.45, 7) is 0.508. The molecule has 0 aliphatic carbocycles. The molecule has 1 aromatic heterocycles. The molecular weight excluding hydrogens is 477 g/mol. The molecule has 3 amide bonds. The number of amides is 3. The second-order valence-electron chi connectivity index (χ2n) is 8.37. The summed E-state index contributed by atoms with van der Waals surface area (Å²) in [4.78, 5) is 32.5. The first-order valence-electron chi connectivity index (χ1n) is 11.6. The summed E-state index contributed by atoms with van der Waals surface area (Å²) in [5.74, 6) is 0.379. The van der Waals surface area contributed by atoms with Gasteiger partial charge in [-0.15, -0.1) is 0 Å². The molecule has 0 spiro atoms. The standard InChI is InChI=1S/C28H24FN3O5/c1-35-24-11-9-20-22(12-13-30-26(20)27(24)36-2)37-23-10-8-19(17-21(23)29)31-14-15-32(28(31)34)25(33)16-18-6-4-3-5-7-18/h3-13,17H,14-16H2,1-2H3. The fourth-order valence-corrected chi connectivity index (χ4v) is 4.33. The fourth-order valence-electron chi connectivity index (χ4n) is 4.33. The Morgan fingerprint density at radius 3 is 2.46 bits per heavy atom. The largest absolute Gasteiger partial charge is 0.493 e. The van der Waals surface area contributed by atoms with Gasteiger partial charge in [-0.2, -0.15) is 0 Å². The maximum atomic E-state index is 15.1. The number of ether oxygens (including phenoxy) is 3. The number of methoxy groups -OCH3 is 2. The van der Waals surface area contributed by atoms with Crippen molar-refractivity contribution in [3.05, 3.63) is 84.3 Å². The van der Waals surface area contributed by atoms with Crippen LogP contribution in [0.2, 0.25) is 0 Å². The van der Waals surface area contributed by atoms with Gasteiger partial charge >= 0.3 is 6.03 Å². The number of aromatic nitrogens is 1. The summed E-state index contributed by atoms with van der Waals surface area (Å²) < 4.78 is 31.8. The predicted molar refractivity (Wildman–Crippen MR) is 136 cm³/mol. The van der Waals surface area contributed by atoms with Crippen molar-refractivity contribution < 1.29 is 28.2 Å². The van der Waals surface area contributed by atoms with Gasteiger partial charge in [0.15, 0.2) is 23.1 Å². The molecule has 4 aromatic rings. The summed E-state index contributed by atoms with van der Waals surface area (Å²) in [6, 6.07) is 18.1. The van der Waals surface area contributed by atoms with Crippen LogP contribution in [-0.2, 0) is 11.2 Å². The number of hydrogen-bond acceptors (Lipinski definition) is 6. The molecule has 0 radical (unpaired) electrons. The Balaban J connectivity index is 1.34. The molecule has 0 atom stereocenters. The van der Waals surface area contributed by atoms with Crippen LogP contribution in [-0.4, -0.2) is 49.1 Å². The lowest BCUT2D eigenvalue weighted by Crippen LogP contribution is -2.37. The Kier molecular flexibility index (Phi) is 6.59. The lowest BCUT2D eigenvalue weighted by atomic mass is 10.1. The topological polar surface area (TPSA) is 81.2 Å². The normalized spacial score (nSPS) is 13.2. The zero-order chi connectivity index (χ0) is 25.9. The van der Waals surface area contributed by atoms with E-state index >= 15 is 4.39 Å². The van der Waals surface area contributed by atoms with Crippen molar-refractivity contribution >= 4 is 28.5 Å². The summed E-state index contributed by atoms with van der Waals surface area (Å²) >= 11 is 0. The lowest BCUT2D eigenvalue weighted by Gasteiger charge is -2.18. The summed E-state index contributed by atoms with van der Waals surface area (Å²) in [5.41, 5.74) is 1.68. The summed E-state index contributed by atoms with van der Waals surface area (Å²) in [6.07, 6.45) is 1.66. The van der Waals surface area contributed by atoms with E-state index in [0.717, 1.165) is 5.56 Å². The van der Waals surface area contributed by atoms with Gasteiger partial charge in [0.25, 0.3) is 0 Å². The lowest BCUT2D eigenvalue weighted by molar-refractivity contribution is -0.126. The van der Waals surface area contributed by atoms with E-state index in [1.807, 2.05) is 30.3 Å². The molecule has 0 saturated carbocycles. The first-order chi connectivity index (χ1) is 18.0. The van der Waals surface area contributed by atoms with Gasteiger partial charge in [0.2, 0.25) is 5.91 Å². The quantitative estimate of drug-likeness (QED) is 0.347. The highest BCUT2D eigenvalue weighted by atomic mass is 19.1. The number of urea groups is 1. The SMILES string of the molecule is COc1ccc2c(Oc3ccc(N4CCN(C(=O)Cc5ccccc5)C4=O)cc3F)ccnc2c1OC. The molecule has 1 aliphatic heterocycles. The van der Waals surface area contributed by atoms with Crippen LogP contribution in [0.4, 0.5) is 14.9 Å². The average Bonchev–Trinajstić information content (AvgIpc) is 3.31. The van der Waals surface area contributed by atoms with Gasteiger partial charge in [-0.25, -0.2) is 9.18 Å². The van der Waals surface area contributed by atoms with E-state index in [-0.39, 0.29) is 31.2 Å². The molecule has 1 aliphatic rings. The zero-order valence-electron chi connectivity index (χ0n) is 20.3. The third-order valence-corrected chi connectivity index (χ3v) is 6.17. The van der Waals surface area contributed by atoms with Crippen LogP contribution >= 0.6 is 0 Å². The molecule has 1 fully saturated rings. The van der Waals surface area contributed by atoms with Crippen LogP contribution < -0.4 is 19.1 Å². The Bertz CT molecular complexity index is 1480. The molecule has 0 N–H and O–H groups in total. The van der Waals surface area contributed by atoms with Crippen LogP contribution in [0.3, 0.4) is 0 Å². The van der Waals surface area contributed by atoms with E-state index < -0.39 is 11.8 Å². The van der Waals surface area contributed by atoms with Crippen molar-refractivity contribution in [2.45, 2.75) is 6.42 Å². The predicted octanol–water partition coefficient (Wildman–Crippen LogP) is 5.19. The first-order valence-corrected chi connectivity index (χ1v) is 11.6. The molecule has 0 unspecified atom stereocenters. The van der Waals surface area contributed by atoms with Crippen molar-refractivity contribution in [2.75, 3.05) is 32.2 Å². The second-order valence-corrected chi connectivity index (χ2v) is 8.37. The number of carbonyl (C=O) groups is 2. The van der Waals surface area contributed by atoms with Crippen LogP contribution in [0.15, 0.2) is 72.9 Å². The minimum Gasteiger partial charge on any atom is -0.493 e. The van der Waals surface area contributed by atoms with E-state index in [9.17, 15) is 9.59 Å². The minimum atomic E-state index is -0.648. The zero-order valence-corrected chi connectivity index (χ0v) is 20.3. The number of fused-ring (bicyclic) bond motifs is 1. The van der Waals surface area contributed by atoms with Gasteiger partial charge in [0, 0.05) is 36.4 Å². The van der Waals surface area contributed by atoms with Gasteiger partial charge in [-0.1, -0.05) is 30.3 Å². The van der Waals surface area contributed by atoms with Crippen molar-refractivity contribution in [1.29, 1.82) is 0 Å². The number of anilines is 1. The molecule has 9 heteroatoms. The molecule has 1 saturated heterocycles. The highest BCUT2D eigenvalue weighted by Crippen LogP contribution is 2.39. The Morgan fingerprint density at radius 2 is 1.73 bits per heavy atom. The smallest absolute Gasteiger partial charge is 0.331 e. The monoisotopic (exact) mass is 501 g/mol. The molecule has 0 bridgehead atoms. The Hall–Kier alpha value is -4.66. The highest BCUT2D eigenvalue weighted by Gasteiger charge is 2.34. The maximum Gasteiger partial charge on any atom is 0.331 e. The number of pyridine rings is 1. The van der Waals surface area contributed by atoms with Gasteiger partial charge in [0.1, 0.15) is 11.3 Å². The molecule has 3 aromatic carbocycles. The number of rotatable bonds is 7. The van der Waals surface area contributed by atoms with Gasteiger partial charge < -0.3 is 14.2 Å². The van der Waals surface area contributed by atoms with Crippen molar-refractivity contribution in [1.82, 2.24) is 9.88 Å². The van der Waals surface area contributed by atoms with E-state index in [0.29, 0.717) is 33.8 Å². The molecule has 188 valence electrons. The molecule has 37 heavy (non-hydrogen) atoms. The third-order valence-electron chi connectivity index (χ3n) is 6.17. The van der Waals surface area contributed by atoms with E-state index in [2.05, 4.69) is 4.98 Å². The van der Waals surface area contributed by atoms with Gasteiger partial charge in [-0.3, -0.25) is 19.6 Å². The fraction of sp³-hybridized carbons (Fsp3) is 0.179. The summed E-state index contributed by atoms with van der Waals surface area (Å²) in [5, 5.41) is 0.617. The molecular formula is C28H24FN3O5. The van der Waals surface area contributed by atoms with Crippen LogP contribution in [0, 0.1) is 5.82 Å². The molecule has 5 rings (SSSR count). The minimum absolute atomic E-state index is 0.0188. The first kappa shape index (κ1) is 24.1. The molecule has 8 nitrogen and oxygen atoms in total. The van der Waals surface area contributed by atoms with Crippen molar-refractivity contribution in [2.24, 2.45) is 0 Å². The number of imide groups is 1. The highest BCUT2D eigenvalue weighted by molar-refractivity contribution is 6.05. The second kappa shape index (κ2) is 10.1. The maximum absolute atomic E-state index is 15.1. The van der Waals surface area contributed by atoms with Crippen molar-refractivity contribution in [3.8, 4) is 23.0 Å². The number of nitrogens with zero attached hydrogens (tertiary/aromatic N) is 3. The number of carbonyl (C=O) groups excluding carboxylic acids is 2. The van der Waals surface area contributed by atoms with E-state index in [1.165, 1.54) is 42.3 Å². The number of benzene rings is 3. The van der Waals surface area contributed by atoms with E-state index in [4.69, 9.17) is 14.2 Å².